The fourth-order valence-electron chi connectivity index (χ4n) is 1.52. The number of hydrogen-bond acceptors (Lipinski definition) is 1. The van der Waals surface area contributed by atoms with Crippen molar-refractivity contribution in [2.24, 2.45) is 0 Å². The first kappa shape index (κ1) is 13.9. The second-order valence-corrected chi connectivity index (χ2v) is 12.5. The van der Waals surface area contributed by atoms with Crippen molar-refractivity contribution < 1.29 is 0 Å². The van der Waals surface area contributed by atoms with Gasteiger partial charge >= 0.3 is 0 Å². The Morgan fingerprint density at radius 1 is 1.12 bits per heavy atom. The van der Waals surface area contributed by atoms with Gasteiger partial charge in [-0.15, -0.1) is 0 Å². The van der Waals surface area contributed by atoms with Gasteiger partial charge in [-0.2, -0.15) is 11.8 Å². The van der Waals surface area contributed by atoms with Gasteiger partial charge in [0.25, 0.3) is 0 Å². The molecule has 0 radical (unpaired) electrons. The number of hydrogen-bond donors (Lipinski definition) is 0. The van der Waals surface area contributed by atoms with Gasteiger partial charge in [0.05, 0.1) is 0 Å². The maximum Gasteiger partial charge on any atom is 0.0450 e. The van der Waals surface area contributed by atoms with Crippen LogP contribution < -0.4 is 0 Å². The Labute approximate surface area is 106 Å². The largest absolute Gasteiger partial charge is 0.157 e. The van der Waals surface area contributed by atoms with Crippen LogP contribution in [0.25, 0.3) is 0 Å². The molecule has 0 unspecified atom stereocenters. The van der Waals surface area contributed by atoms with Crippen LogP contribution in [0.2, 0.25) is 25.7 Å². The standard InChI is InChI=1S/C14H24SSi/c1-12-6-7-13(2)14(10-12)11-15-8-9-16(3,4)5/h6-7,10H,8-9,11H2,1-5H3. The Balaban J connectivity index is 2.40. The summed E-state index contributed by atoms with van der Waals surface area (Å²) < 4.78 is 0. The number of thioether (sulfide) groups is 1. The van der Waals surface area contributed by atoms with E-state index in [1.807, 2.05) is 0 Å². The summed E-state index contributed by atoms with van der Waals surface area (Å²) in [6, 6.07) is 8.20. The van der Waals surface area contributed by atoms with Crippen LogP contribution in [0.3, 0.4) is 0 Å². The lowest BCUT2D eigenvalue weighted by atomic mass is 10.1. The first-order chi connectivity index (χ1) is 7.38. The van der Waals surface area contributed by atoms with Gasteiger partial charge in [0.1, 0.15) is 0 Å². The topological polar surface area (TPSA) is 0 Å². The Morgan fingerprint density at radius 2 is 1.81 bits per heavy atom. The molecule has 0 bridgehead atoms. The van der Waals surface area contributed by atoms with Gasteiger partial charge in [-0.1, -0.05) is 43.4 Å². The minimum absolute atomic E-state index is 0.841. The highest BCUT2D eigenvalue weighted by Gasteiger charge is 2.11. The van der Waals surface area contributed by atoms with Gasteiger partial charge in [0, 0.05) is 13.8 Å². The van der Waals surface area contributed by atoms with E-state index in [0.29, 0.717) is 0 Å². The minimum Gasteiger partial charge on any atom is -0.157 e. The van der Waals surface area contributed by atoms with Crippen LogP contribution in [0.1, 0.15) is 16.7 Å². The predicted molar refractivity (Wildman–Crippen MR) is 80.2 cm³/mol. The lowest BCUT2D eigenvalue weighted by Crippen LogP contribution is -2.19. The molecule has 0 fully saturated rings. The lowest BCUT2D eigenvalue weighted by Gasteiger charge is -2.15. The Morgan fingerprint density at radius 3 is 2.44 bits per heavy atom. The molecular weight excluding hydrogens is 228 g/mol. The van der Waals surface area contributed by atoms with Crippen LogP contribution in [-0.2, 0) is 5.75 Å². The molecule has 0 spiro atoms. The summed E-state index contributed by atoms with van der Waals surface area (Å²) >= 11 is 2.09. The number of rotatable bonds is 5. The molecule has 16 heavy (non-hydrogen) atoms. The zero-order valence-electron chi connectivity index (χ0n) is 11.3. The molecule has 1 aromatic carbocycles. The maximum absolute atomic E-state index is 2.45. The van der Waals surface area contributed by atoms with Crippen molar-refractivity contribution in [1.29, 1.82) is 0 Å². The van der Waals surface area contributed by atoms with E-state index in [4.69, 9.17) is 0 Å². The maximum atomic E-state index is 2.45. The second kappa shape index (κ2) is 5.92. The molecule has 2 heteroatoms. The first-order valence-corrected chi connectivity index (χ1v) is 10.9. The monoisotopic (exact) mass is 252 g/mol. The molecule has 0 N–H and O–H groups in total. The highest BCUT2D eigenvalue weighted by molar-refractivity contribution is 7.98. The van der Waals surface area contributed by atoms with Crippen molar-refractivity contribution in [2.75, 3.05) is 5.75 Å². The van der Waals surface area contributed by atoms with Crippen molar-refractivity contribution in [2.45, 2.75) is 45.3 Å². The second-order valence-electron chi connectivity index (χ2n) is 5.79. The summed E-state index contributed by atoms with van der Waals surface area (Å²) in [5.41, 5.74) is 4.33. The summed E-state index contributed by atoms with van der Waals surface area (Å²) in [5.74, 6) is 2.50. The summed E-state index contributed by atoms with van der Waals surface area (Å²) in [5, 5.41) is 0. The molecule has 0 aliphatic carbocycles. The average Bonchev–Trinajstić information content (AvgIpc) is 2.16. The van der Waals surface area contributed by atoms with Gasteiger partial charge in [0.15, 0.2) is 0 Å². The highest BCUT2D eigenvalue weighted by atomic mass is 32.2. The molecule has 0 amide bonds. The van der Waals surface area contributed by atoms with E-state index in [0.717, 1.165) is 0 Å². The molecule has 1 rings (SSSR count). The summed E-state index contributed by atoms with van der Waals surface area (Å²) in [7, 11) is -0.841. The van der Waals surface area contributed by atoms with E-state index in [1.165, 1.54) is 34.2 Å². The zero-order valence-corrected chi connectivity index (χ0v) is 13.1. The Kier molecular flexibility index (Phi) is 5.13. The molecule has 1 aromatic rings. The van der Waals surface area contributed by atoms with Gasteiger partial charge in [-0.3, -0.25) is 0 Å². The van der Waals surface area contributed by atoms with Gasteiger partial charge in [0.2, 0.25) is 0 Å². The molecule has 0 saturated carbocycles. The fraction of sp³-hybridized carbons (Fsp3) is 0.571. The smallest absolute Gasteiger partial charge is 0.0450 e. The molecule has 0 nitrogen and oxygen atoms in total. The molecular formula is C14H24SSi. The third-order valence-corrected chi connectivity index (χ3v) is 5.88. The molecule has 0 aliphatic heterocycles. The van der Waals surface area contributed by atoms with Crippen LogP contribution in [0.5, 0.6) is 0 Å². The SMILES string of the molecule is Cc1ccc(C)c(CSCC[Si](C)(C)C)c1. The number of benzene rings is 1. The molecule has 0 heterocycles. The van der Waals surface area contributed by atoms with E-state index in [9.17, 15) is 0 Å². The van der Waals surface area contributed by atoms with E-state index in [-0.39, 0.29) is 0 Å². The van der Waals surface area contributed by atoms with Gasteiger partial charge < -0.3 is 0 Å². The average molecular weight is 252 g/mol. The van der Waals surface area contributed by atoms with Crippen LogP contribution >= 0.6 is 11.8 Å². The van der Waals surface area contributed by atoms with E-state index < -0.39 is 8.07 Å². The van der Waals surface area contributed by atoms with Crippen molar-refractivity contribution in [3.8, 4) is 0 Å². The van der Waals surface area contributed by atoms with Crippen molar-refractivity contribution >= 4 is 19.8 Å². The molecule has 0 aliphatic rings. The Bertz CT molecular complexity index is 339. The van der Waals surface area contributed by atoms with Crippen LogP contribution in [-0.4, -0.2) is 13.8 Å². The molecule has 0 saturated heterocycles. The van der Waals surface area contributed by atoms with E-state index >= 15 is 0 Å². The Hall–Kier alpha value is -0.213. The predicted octanol–water partition coefficient (Wildman–Crippen LogP) is 4.87. The summed E-state index contributed by atoms with van der Waals surface area (Å²) in [4.78, 5) is 0. The zero-order chi connectivity index (χ0) is 12.2. The quantitative estimate of drug-likeness (QED) is 0.532. The highest BCUT2D eigenvalue weighted by Crippen LogP contribution is 2.20. The first-order valence-electron chi connectivity index (χ1n) is 6.02. The van der Waals surface area contributed by atoms with Crippen molar-refractivity contribution in [3.05, 3.63) is 34.9 Å². The molecule has 0 atom stereocenters. The van der Waals surface area contributed by atoms with Gasteiger partial charge in [-0.05, 0) is 36.8 Å². The van der Waals surface area contributed by atoms with E-state index in [2.05, 4.69) is 63.4 Å². The van der Waals surface area contributed by atoms with Crippen molar-refractivity contribution in [3.63, 3.8) is 0 Å². The molecule has 0 aromatic heterocycles. The van der Waals surface area contributed by atoms with E-state index in [1.54, 1.807) is 0 Å². The molecule has 90 valence electrons. The summed E-state index contributed by atoms with van der Waals surface area (Å²) in [6.07, 6.45) is 0. The third-order valence-electron chi connectivity index (χ3n) is 2.76. The van der Waals surface area contributed by atoms with Crippen molar-refractivity contribution in [1.82, 2.24) is 0 Å². The normalized spacial score (nSPS) is 11.8. The lowest BCUT2D eigenvalue weighted by molar-refractivity contribution is 1.26. The van der Waals surface area contributed by atoms with Gasteiger partial charge in [-0.25, -0.2) is 0 Å². The third kappa shape index (κ3) is 5.22. The van der Waals surface area contributed by atoms with Crippen LogP contribution in [0, 0.1) is 13.8 Å². The minimum atomic E-state index is -0.841. The van der Waals surface area contributed by atoms with Crippen LogP contribution in [0.4, 0.5) is 0 Å². The van der Waals surface area contributed by atoms with Crippen LogP contribution in [0.15, 0.2) is 18.2 Å². The number of aryl methyl sites for hydroxylation is 2. The summed E-state index contributed by atoms with van der Waals surface area (Å²) in [6.45, 7) is 11.7. The fourth-order valence-corrected chi connectivity index (χ4v) is 5.22.